The lowest BCUT2D eigenvalue weighted by atomic mass is 9.94. The van der Waals surface area contributed by atoms with E-state index >= 15 is 0 Å². The molecule has 0 radical (unpaired) electrons. The molecule has 2 heterocycles. The fourth-order valence-corrected chi connectivity index (χ4v) is 4.52. The molecule has 0 aromatic heterocycles. The molecule has 2 fully saturated rings. The maximum atomic E-state index is 12.5. The molecule has 1 aromatic carbocycles. The molecular formula is C26H40N4O3. The van der Waals surface area contributed by atoms with Crippen LogP contribution in [0.15, 0.2) is 49.6 Å². The number of rotatable bonds is 12. The van der Waals surface area contributed by atoms with Crippen LogP contribution >= 0.6 is 0 Å². The second-order valence-electron chi connectivity index (χ2n) is 9.11. The summed E-state index contributed by atoms with van der Waals surface area (Å²) in [6.45, 7) is 14.9. The zero-order valence-electron chi connectivity index (χ0n) is 19.8. The van der Waals surface area contributed by atoms with Gasteiger partial charge in [-0.2, -0.15) is 0 Å². The van der Waals surface area contributed by atoms with Gasteiger partial charge in [0.2, 0.25) is 0 Å². The van der Waals surface area contributed by atoms with Gasteiger partial charge in [-0.25, -0.2) is 0 Å². The predicted octanol–water partition coefficient (Wildman–Crippen LogP) is 2.19. The first kappa shape index (κ1) is 25.4. The lowest BCUT2D eigenvalue weighted by Crippen LogP contribution is -2.48. The first-order valence-electron chi connectivity index (χ1n) is 12.1. The molecule has 0 aliphatic carbocycles. The second-order valence-corrected chi connectivity index (χ2v) is 9.11. The number of ether oxygens (including phenoxy) is 1. The van der Waals surface area contributed by atoms with E-state index in [0.29, 0.717) is 37.5 Å². The molecule has 0 saturated carbocycles. The van der Waals surface area contributed by atoms with E-state index in [0.717, 1.165) is 64.5 Å². The Morgan fingerprint density at radius 1 is 1.09 bits per heavy atom. The fraction of sp³-hybridized carbons (Fsp3) is 0.577. The van der Waals surface area contributed by atoms with Crippen molar-refractivity contribution in [3.8, 4) is 0 Å². The van der Waals surface area contributed by atoms with Gasteiger partial charge < -0.3 is 25.4 Å². The number of hydrogen-bond acceptors (Lipinski definition) is 6. The van der Waals surface area contributed by atoms with Crippen molar-refractivity contribution in [1.29, 1.82) is 0 Å². The number of amides is 1. The highest BCUT2D eigenvalue weighted by molar-refractivity contribution is 5.94. The Kier molecular flexibility index (Phi) is 9.94. The molecule has 0 spiro atoms. The number of carbonyl (C=O) groups excluding carboxylic acids is 1. The third kappa shape index (κ3) is 7.96. The Bertz CT molecular complexity index is 743. The van der Waals surface area contributed by atoms with E-state index < -0.39 is 5.60 Å². The predicted molar refractivity (Wildman–Crippen MR) is 134 cm³/mol. The minimum atomic E-state index is -0.806. The van der Waals surface area contributed by atoms with Crippen molar-refractivity contribution in [1.82, 2.24) is 15.5 Å². The van der Waals surface area contributed by atoms with E-state index in [1.54, 1.807) is 12.2 Å². The first-order chi connectivity index (χ1) is 16.0. The van der Waals surface area contributed by atoms with Gasteiger partial charge in [0.1, 0.15) is 0 Å². The van der Waals surface area contributed by atoms with Gasteiger partial charge in [-0.15, -0.1) is 13.2 Å². The van der Waals surface area contributed by atoms with E-state index in [1.807, 2.05) is 24.3 Å². The molecule has 2 aliphatic heterocycles. The summed E-state index contributed by atoms with van der Waals surface area (Å²) in [5, 5.41) is 17.3. The number of nitrogens with one attached hydrogen (secondary N) is 2. The largest absolute Gasteiger partial charge is 0.388 e. The number of morpholine rings is 1. The molecule has 0 atom stereocenters. The molecule has 3 rings (SSSR count). The number of hydrogen-bond donors (Lipinski definition) is 3. The normalized spacial score (nSPS) is 18.2. The number of anilines is 1. The van der Waals surface area contributed by atoms with Crippen molar-refractivity contribution in [3.63, 3.8) is 0 Å². The van der Waals surface area contributed by atoms with Crippen LogP contribution in [-0.4, -0.2) is 86.6 Å². The third-order valence-electron chi connectivity index (χ3n) is 6.58. The molecule has 3 N–H and O–H groups in total. The summed E-state index contributed by atoms with van der Waals surface area (Å²) in [5.74, 6) is -0.0238. The number of aliphatic hydroxyl groups is 1. The molecule has 0 bridgehead atoms. The van der Waals surface area contributed by atoms with Crippen LogP contribution in [0, 0.1) is 0 Å². The van der Waals surface area contributed by atoms with Gasteiger partial charge in [-0.3, -0.25) is 9.69 Å². The first-order valence-corrected chi connectivity index (χ1v) is 12.1. The van der Waals surface area contributed by atoms with Crippen LogP contribution in [-0.2, 0) is 4.74 Å². The van der Waals surface area contributed by atoms with Crippen LogP contribution in [0.2, 0.25) is 0 Å². The smallest absolute Gasteiger partial charge is 0.251 e. The number of carbonyl (C=O) groups is 1. The lowest BCUT2D eigenvalue weighted by Gasteiger charge is -2.36. The number of piperidine rings is 1. The molecule has 2 saturated heterocycles. The van der Waals surface area contributed by atoms with Crippen LogP contribution in [0.1, 0.15) is 36.0 Å². The van der Waals surface area contributed by atoms with Crippen molar-refractivity contribution >= 4 is 11.6 Å². The van der Waals surface area contributed by atoms with Gasteiger partial charge in [0.25, 0.3) is 5.91 Å². The summed E-state index contributed by atoms with van der Waals surface area (Å²) >= 11 is 0. The van der Waals surface area contributed by atoms with Gasteiger partial charge in [-0.05, 0) is 49.9 Å². The monoisotopic (exact) mass is 456 g/mol. The maximum Gasteiger partial charge on any atom is 0.251 e. The molecule has 7 nitrogen and oxygen atoms in total. The zero-order chi connectivity index (χ0) is 23.5. The molecule has 7 heteroatoms. The van der Waals surface area contributed by atoms with Gasteiger partial charge in [0, 0.05) is 63.1 Å². The quantitative estimate of drug-likeness (QED) is 0.419. The van der Waals surface area contributed by atoms with Gasteiger partial charge in [-0.1, -0.05) is 12.2 Å². The summed E-state index contributed by atoms with van der Waals surface area (Å²) in [4.78, 5) is 17.1. The van der Waals surface area contributed by atoms with Gasteiger partial charge in [0.15, 0.2) is 0 Å². The SMILES string of the molecule is C=CCC(O)(CC=C)CNC1CCN(c2ccc(C(=O)NCCN3CCOCC3)cc2)CC1. The van der Waals surface area contributed by atoms with Crippen LogP contribution in [0.4, 0.5) is 5.69 Å². The van der Waals surface area contributed by atoms with Crippen LogP contribution < -0.4 is 15.5 Å². The van der Waals surface area contributed by atoms with Gasteiger partial charge >= 0.3 is 0 Å². The summed E-state index contributed by atoms with van der Waals surface area (Å²) in [7, 11) is 0. The standard InChI is InChI=1S/C26H40N4O3/c1-3-11-26(32,12-4-2)21-28-23-9-14-30(15-10-23)24-7-5-22(6-8-24)25(31)27-13-16-29-17-19-33-20-18-29/h3-8,23,28,32H,1-2,9-21H2,(H,27,31). The van der Waals surface area contributed by atoms with E-state index in [1.165, 1.54) is 0 Å². The second kappa shape index (κ2) is 12.9. The molecule has 1 amide bonds. The molecule has 182 valence electrons. The number of benzene rings is 1. The minimum absolute atomic E-state index is 0.0238. The van der Waals surface area contributed by atoms with E-state index in [2.05, 4.69) is 33.6 Å². The van der Waals surface area contributed by atoms with E-state index in [9.17, 15) is 9.90 Å². The summed E-state index contributed by atoms with van der Waals surface area (Å²) in [6.07, 6.45) is 6.67. The van der Waals surface area contributed by atoms with Crippen molar-refractivity contribution in [3.05, 3.63) is 55.1 Å². The molecule has 33 heavy (non-hydrogen) atoms. The van der Waals surface area contributed by atoms with Crippen LogP contribution in [0.25, 0.3) is 0 Å². The van der Waals surface area contributed by atoms with Crippen molar-refractivity contribution in [2.45, 2.75) is 37.3 Å². The topological polar surface area (TPSA) is 77.1 Å². The highest BCUT2D eigenvalue weighted by Gasteiger charge is 2.26. The highest BCUT2D eigenvalue weighted by Crippen LogP contribution is 2.22. The summed E-state index contributed by atoms with van der Waals surface area (Å²) in [5.41, 5.74) is 1.04. The van der Waals surface area contributed by atoms with Crippen molar-refractivity contribution in [2.75, 3.05) is 63.9 Å². The lowest BCUT2D eigenvalue weighted by molar-refractivity contribution is 0.0383. The highest BCUT2D eigenvalue weighted by atomic mass is 16.5. The fourth-order valence-electron chi connectivity index (χ4n) is 4.52. The maximum absolute atomic E-state index is 12.5. The Morgan fingerprint density at radius 3 is 2.33 bits per heavy atom. The molecular weight excluding hydrogens is 416 g/mol. The Morgan fingerprint density at radius 2 is 1.73 bits per heavy atom. The summed E-state index contributed by atoms with van der Waals surface area (Å²) in [6, 6.07) is 8.29. The van der Waals surface area contributed by atoms with E-state index in [4.69, 9.17) is 4.74 Å². The van der Waals surface area contributed by atoms with Crippen molar-refractivity contribution < 1.29 is 14.6 Å². The van der Waals surface area contributed by atoms with Crippen molar-refractivity contribution in [2.24, 2.45) is 0 Å². The van der Waals surface area contributed by atoms with Crippen LogP contribution in [0.5, 0.6) is 0 Å². The molecule has 1 aromatic rings. The molecule has 2 aliphatic rings. The average Bonchev–Trinajstić information content (AvgIpc) is 2.84. The molecule has 0 unspecified atom stereocenters. The summed E-state index contributed by atoms with van der Waals surface area (Å²) < 4.78 is 5.35. The Labute approximate surface area is 198 Å². The van der Waals surface area contributed by atoms with E-state index in [-0.39, 0.29) is 5.91 Å². The Hall–Kier alpha value is -2.19. The number of nitrogens with zero attached hydrogens (tertiary/aromatic N) is 2. The minimum Gasteiger partial charge on any atom is -0.388 e. The van der Waals surface area contributed by atoms with Gasteiger partial charge in [0.05, 0.1) is 18.8 Å². The Balaban J connectivity index is 1.40. The van der Waals surface area contributed by atoms with Crippen LogP contribution in [0.3, 0.4) is 0 Å². The third-order valence-corrected chi connectivity index (χ3v) is 6.58. The zero-order valence-corrected chi connectivity index (χ0v) is 19.8. The average molecular weight is 457 g/mol.